The second kappa shape index (κ2) is 9.56. The van der Waals surface area contributed by atoms with Crippen LogP contribution >= 0.6 is 0 Å². The van der Waals surface area contributed by atoms with E-state index < -0.39 is 11.9 Å². The fraction of sp³-hybridized carbons (Fsp3) is 0.750. The van der Waals surface area contributed by atoms with Crippen molar-refractivity contribution in [3.63, 3.8) is 0 Å². The first-order valence-corrected chi connectivity index (χ1v) is 7.73. The quantitative estimate of drug-likeness (QED) is 0.399. The molecule has 0 aromatic rings. The van der Waals surface area contributed by atoms with Gasteiger partial charge in [0.2, 0.25) is 0 Å². The van der Waals surface area contributed by atoms with E-state index in [1.807, 2.05) is 0 Å². The molecule has 1 rings (SSSR count). The van der Waals surface area contributed by atoms with Crippen molar-refractivity contribution in [2.75, 3.05) is 6.61 Å². The van der Waals surface area contributed by atoms with E-state index in [1.165, 1.54) is 25.7 Å². The summed E-state index contributed by atoms with van der Waals surface area (Å²) in [6.45, 7) is 2.67. The Hall–Kier alpha value is -1.32. The van der Waals surface area contributed by atoms with Crippen LogP contribution in [0.1, 0.15) is 58.3 Å². The molecule has 114 valence electrons. The van der Waals surface area contributed by atoms with Crippen molar-refractivity contribution in [1.82, 2.24) is 0 Å². The number of carboxylic acid groups (broad SMARTS) is 1. The maximum absolute atomic E-state index is 11.8. The summed E-state index contributed by atoms with van der Waals surface area (Å²) in [4.78, 5) is 22.6. The Kier molecular flexibility index (Phi) is 8.00. The number of aliphatic carboxylic acids is 1. The maximum atomic E-state index is 11.8. The highest BCUT2D eigenvalue weighted by Crippen LogP contribution is 2.23. The molecule has 4 heteroatoms. The van der Waals surface area contributed by atoms with Gasteiger partial charge in [-0.1, -0.05) is 51.2 Å². The monoisotopic (exact) mass is 282 g/mol. The number of rotatable bonds is 9. The van der Waals surface area contributed by atoms with Crippen molar-refractivity contribution < 1.29 is 19.4 Å². The standard InChI is InChI=1S/C16H26O4/c1-2-3-4-5-6-7-12-20-16(19)14-10-8-13(9-11-14)15(17)18/h8,10,13-14H,2-7,9,11-12H2,1H3,(H,17,18). The van der Waals surface area contributed by atoms with Gasteiger partial charge in [-0.15, -0.1) is 0 Å². The zero-order chi connectivity index (χ0) is 14.8. The highest BCUT2D eigenvalue weighted by molar-refractivity contribution is 5.77. The number of carboxylic acids is 1. The summed E-state index contributed by atoms with van der Waals surface area (Å²) in [5.41, 5.74) is 0. The predicted molar refractivity (Wildman–Crippen MR) is 77.3 cm³/mol. The SMILES string of the molecule is CCCCCCCCOC(=O)C1C=CC(C(=O)O)CC1. The minimum absolute atomic E-state index is 0.210. The Morgan fingerprint density at radius 2 is 1.65 bits per heavy atom. The number of hydrogen-bond donors (Lipinski definition) is 1. The molecule has 1 aliphatic rings. The van der Waals surface area contributed by atoms with Crippen LogP contribution in [0.25, 0.3) is 0 Å². The molecule has 1 aliphatic carbocycles. The average Bonchev–Trinajstić information content (AvgIpc) is 2.46. The summed E-state index contributed by atoms with van der Waals surface area (Å²) >= 11 is 0. The molecule has 2 atom stereocenters. The van der Waals surface area contributed by atoms with E-state index in [1.54, 1.807) is 12.2 Å². The maximum Gasteiger partial charge on any atom is 0.312 e. The topological polar surface area (TPSA) is 63.6 Å². The predicted octanol–water partition coefficient (Wildman–Crippen LogP) is 3.56. The van der Waals surface area contributed by atoms with E-state index in [0.29, 0.717) is 19.4 Å². The summed E-state index contributed by atoms with van der Waals surface area (Å²) in [6.07, 6.45) is 11.4. The third-order valence-electron chi connectivity index (χ3n) is 3.73. The van der Waals surface area contributed by atoms with Crippen molar-refractivity contribution >= 4 is 11.9 Å². The van der Waals surface area contributed by atoms with E-state index >= 15 is 0 Å². The van der Waals surface area contributed by atoms with Crippen LogP contribution in [0.5, 0.6) is 0 Å². The summed E-state index contributed by atoms with van der Waals surface area (Å²) in [6, 6.07) is 0. The van der Waals surface area contributed by atoms with Crippen molar-refractivity contribution in [3.8, 4) is 0 Å². The van der Waals surface area contributed by atoms with Crippen molar-refractivity contribution in [1.29, 1.82) is 0 Å². The highest BCUT2D eigenvalue weighted by Gasteiger charge is 2.25. The molecule has 0 radical (unpaired) electrons. The van der Waals surface area contributed by atoms with Gasteiger partial charge in [0.25, 0.3) is 0 Å². The number of carbonyl (C=O) groups excluding carboxylic acids is 1. The van der Waals surface area contributed by atoms with Gasteiger partial charge in [0.15, 0.2) is 0 Å². The lowest BCUT2D eigenvalue weighted by Gasteiger charge is -2.19. The van der Waals surface area contributed by atoms with E-state index in [2.05, 4.69) is 6.92 Å². The number of hydrogen-bond acceptors (Lipinski definition) is 3. The van der Waals surface area contributed by atoms with Gasteiger partial charge in [0, 0.05) is 0 Å². The average molecular weight is 282 g/mol. The van der Waals surface area contributed by atoms with E-state index in [4.69, 9.17) is 9.84 Å². The van der Waals surface area contributed by atoms with Crippen LogP contribution < -0.4 is 0 Å². The van der Waals surface area contributed by atoms with Gasteiger partial charge < -0.3 is 9.84 Å². The van der Waals surface area contributed by atoms with Gasteiger partial charge in [-0.2, -0.15) is 0 Å². The molecule has 4 nitrogen and oxygen atoms in total. The van der Waals surface area contributed by atoms with Crippen LogP contribution in [0.4, 0.5) is 0 Å². The number of carbonyl (C=O) groups is 2. The summed E-state index contributed by atoms with van der Waals surface area (Å²) in [5, 5.41) is 8.86. The molecule has 0 heterocycles. The Morgan fingerprint density at radius 1 is 1.05 bits per heavy atom. The molecule has 0 saturated heterocycles. The largest absolute Gasteiger partial charge is 0.481 e. The van der Waals surface area contributed by atoms with Gasteiger partial charge in [-0.3, -0.25) is 9.59 Å². The molecule has 1 N–H and O–H groups in total. The Morgan fingerprint density at radius 3 is 2.25 bits per heavy atom. The van der Waals surface area contributed by atoms with Gasteiger partial charge in [-0.25, -0.2) is 0 Å². The van der Waals surface area contributed by atoms with Crippen molar-refractivity contribution in [2.24, 2.45) is 11.8 Å². The molecule has 2 unspecified atom stereocenters. The van der Waals surface area contributed by atoms with Gasteiger partial charge in [0.1, 0.15) is 0 Å². The zero-order valence-electron chi connectivity index (χ0n) is 12.3. The molecule has 0 spiro atoms. The van der Waals surface area contributed by atoms with Crippen molar-refractivity contribution in [2.45, 2.75) is 58.3 Å². The van der Waals surface area contributed by atoms with Crippen LogP contribution in [0.15, 0.2) is 12.2 Å². The first-order chi connectivity index (χ1) is 9.65. The van der Waals surface area contributed by atoms with Crippen LogP contribution in [0.2, 0.25) is 0 Å². The Bertz CT molecular complexity index is 335. The third kappa shape index (κ3) is 6.22. The third-order valence-corrected chi connectivity index (χ3v) is 3.73. The fourth-order valence-electron chi connectivity index (χ4n) is 2.38. The van der Waals surface area contributed by atoms with Gasteiger partial charge in [0.05, 0.1) is 18.4 Å². The lowest BCUT2D eigenvalue weighted by Crippen LogP contribution is -2.23. The molecule has 20 heavy (non-hydrogen) atoms. The molecule has 0 saturated carbocycles. The van der Waals surface area contributed by atoms with Crippen LogP contribution in [0, 0.1) is 11.8 Å². The van der Waals surface area contributed by atoms with Crippen LogP contribution in [-0.4, -0.2) is 23.7 Å². The minimum atomic E-state index is -0.819. The number of ether oxygens (including phenoxy) is 1. The summed E-state index contributed by atoms with van der Waals surface area (Å²) in [5.74, 6) is -1.73. The lowest BCUT2D eigenvalue weighted by molar-refractivity contribution is -0.148. The summed E-state index contributed by atoms with van der Waals surface area (Å²) < 4.78 is 5.25. The molecule has 0 aromatic carbocycles. The second-order valence-electron chi connectivity index (χ2n) is 5.45. The molecular formula is C16H26O4. The Balaban J connectivity index is 2.11. The highest BCUT2D eigenvalue weighted by atomic mass is 16.5. The lowest BCUT2D eigenvalue weighted by atomic mass is 9.89. The molecule has 0 bridgehead atoms. The number of esters is 1. The number of unbranched alkanes of at least 4 members (excludes halogenated alkanes) is 5. The molecule has 0 amide bonds. The zero-order valence-corrected chi connectivity index (χ0v) is 12.3. The molecule has 0 aromatic heterocycles. The second-order valence-corrected chi connectivity index (χ2v) is 5.45. The smallest absolute Gasteiger partial charge is 0.312 e. The Labute approximate surface area is 121 Å². The molecule has 0 fully saturated rings. The fourth-order valence-corrected chi connectivity index (χ4v) is 2.38. The minimum Gasteiger partial charge on any atom is -0.481 e. The first kappa shape index (κ1) is 16.7. The van der Waals surface area contributed by atoms with Crippen molar-refractivity contribution in [3.05, 3.63) is 12.2 Å². The van der Waals surface area contributed by atoms with E-state index in [9.17, 15) is 9.59 Å². The van der Waals surface area contributed by atoms with E-state index in [0.717, 1.165) is 12.8 Å². The molecular weight excluding hydrogens is 256 g/mol. The van der Waals surface area contributed by atoms with E-state index in [-0.39, 0.29) is 11.9 Å². The summed E-state index contributed by atoms with van der Waals surface area (Å²) in [7, 11) is 0. The molecule has 0 aliphatic heterocycles. The van der Waals surface area contributed by atoms with Gasteiger partial charge in [-0.05, 0) is 19.3 Å². The van der Waals surface area contributed by atoms with Crippen LogP contribution in [0.3, 0.4) is 0 Å². The van der Waals surface area contributed by atoms with Gasteiger partial charge >= 0.3 is 11.9 Å². The first-order valence-electron chi connectivity index (χ1n) is 7.73. The normalized spacial score (nSPS) is 21.6. The van der Waals surface area contributed by atoms with Crippen LogP contribution in [-0.2, 0) is 14.3 Å².